The van der Waals surface area contributed by atoms with Crippen molar-refractivity contribution in [2.75, 3.05) is 33.0 Å². The van der Waals surface area contributed by atoms with Gasteiger partial charge in [-0.25, -0.2) is 0 Å². The zero-order chi connectivity index (χ0) is 51.0. The maximum absolute atomic E-state index is 14.4. The van der Waals surface area contributed by atoms with E-state index in [2.05, 4.69) is 20.8 Å². The van der Waals surface area contributed by atoms with Crippen LogP contribution in [0.2, 0.25) is 0 Å². The van der Waals surface area contributed by atoms with Crippen LogP contribution in [0.25, 0.3) is 0 Å². The number of carbonyl (C=O) groups excluding carboxylic acids is 1. The third-order valence-corrected chi connectivity index (χ3v) is 18.5. The average molecular weight is 1020 g/mol. The smallest absolute Gasteiger partial charge is 0.186 e. The van der Waals surface area contributed by atoms with Crippen LogP contribution in [-0.4, -0.2) is 223 Å². The SMILES string of the molecule is CC1=C(CC[C@@H](C)CO[C@H]2O[C@@H](CO)[C@H](O)[C@@H](O)[C@@H]2O)O[C@@H]2C[C@@H]3[C@H]4CC(=O)[C@H]5C[C@@H](O[C@H]6O[C@@H](CO[C@H]7OC[C@H](O[C@H]8OC[C@H](O)[C@@H](O)[C@@H]8O)[C@@H](O)[C@@H]7O)[C@H](O)[C@@H](O)[C@@H]6O)CC[C@@]5(C)[C@H]4CC[C@]3(C)[C@H]12. The number of rotatable bonds is 14. The molecular weight excluding hydrogens is 941 g/mol. The first-order chi connectivity index (χ1) is 33.7. The molecule has 4 aliphatic carbocycles. The van der Waals surface area contributed by atoms with Crippen LogP contribution in [0.4, 0.5) is 0 Å². The molecule has 22 nitrogen and oxygen atoms in total. The lowest BCUT2D eigenvalue weighted by molar-refractivity contribution is -0.342. The Morgan fingerprint density at radius 2 is 1.32 bits per heavy atom. The number of hydrogen-bond acceptors (Lipinski definition) is 22. The van der Waals surface area contributed by atoms with Crippen molar-refractivity contribution < 1.29 is 109 Å². The molecule has 9 rings (SSSR count). The van der Waals surface area contributed by atoms with Gasteiger partial charge in [0.25, 0.3) is 0 Å². The number of ketones is 1. The van der Waals surface area contributed by atoms with E-state index in [9.17, 15) is 66.1 Å². The first-order valence-electron chi connectivity index (χ1n) is 25.7. The molecule has 0 amide bonds. The molecular formula is C49H78O22. The molecule has 4 saturated heterocycles. The summed E-state index contributed by atoms with van der Waals surface area (Å²) in [6.45, 7) is 7.41. The molecule has 0 aromatic rings. The van der Waals surface area contributed by atoms with Crippen molar-refractivity contribution in [3.8, 4) is 0 Å². The van der Waals surface area contributed by atoms with E-state index < -0.39 is 130 Å². The monoisotopic (exact) mass is 1020 g/mol. The van der Waals surface area contributed by atoms with Crippen LogP contribution in [-0.2, 0) is 47.4 Å². The van der Waals surface area contributed by atoms with Gasteiger partial charge in [-0.1, -0.05) is 20.8 Å². The molecule has 9 aliphatic rings. The fraction of sp³-hybridized carbons (Fsp3) is 0.939. The van der Waals surface area contributed by atoms with Gasteiger partial charge in [-0.15, -0.1) is 0 Å². The highest BCUT2D eigenvalue weighted by Crippen LogP contribution is 2.69. The highest BCUT2D eigenvalue weighted by molar-refractivity contribution is 5.83. The van der Waals surface area contributed by atoms with E-state index in [1.807, 2.05) is 6.92 Å². The standard InChI is InChI=1S/C49H78O22/c1-19(15-63-46-42(61)38(57)35(54)30(14-50)69-46)5-6-28-20(2)33-29(68-28)13-24-22-12-26(51)25-11-21(7-9-48(25,3)23(22)8-10-49(24,33)4)67-47-43(62)39(58)36(55)31(71-47)17-65-44-41(60)37(56)32(18-66-44)70-45-40(59)34(53)27(52)16-64-45/h19,21-25,27,29-47,50,52-62H,5-18H2,1-4H3/t19-,21+,22+,23+,24-,25-,27+,29-,30+,31+,32+,33-,34-,35+,36+,37-,38-,39-,40+,41+,42+,43+,44+,45-,46+,47+,48+,49+/m1/s1. The zero-order valence-corrected chi connectivity index (χ0v) is 40.9. The molecule has 0 spiro atoms. The van der Waals surface area contributed by atoms with Gasteiger partial charge >= 0.3 is 0 Å². The summed E-state index contributed by atoms with van der Waals surface area (Å²) in [7, 11) is 0. The molecule has 28 atom stereocenters. The van der Waals surface area contributed by atoms with Gasteiger partial charge in [0.1, 0.15) is 97.3 Å². The van der Waals surface area contributed by atoms with Crippen molar-refractivity contribution in [3.05, 3.63) is 11.3 Å². The molecule has 12 N–H and O–H groups in total. The van der Waals surface area contributed by atoms with Crippen LogP contribution in [0, 0.1) is 46.3 Å². The van der Waals surface area contributed by atoms with Gasteiger partial charge in [-0.2, -0.15) is 0 Å². The van der Waals surface area contributed by atoms with Crippen molar-refractivity contribution in [1.29, 1.82) is 0 Å². The van der Waals surface area contributed by atoms with Gasteiger partial charge < -0.3 is 104 Å². The van der Waals surface area contributed by atoms with E-state index in [1.165, 1.54) is 5.57 Å². The summed E-state index contributed by atoms with van der Waals surface area (Å²) in [5.74, 6) is 2.03. The second kappa shape index (κ2) is 21.4. The second-order valence-electron chi connectivity index (χ2n) is 22.8. The number of fused-ring (bicyclic) bond motifs is 7. The van der Waals surface area contributed by atoms with E-state index in [4.69, 9.17) is 42.6 Å². The summed E-state index contributed by atoms with van der Waals surface area (Å²) in [5.41, 5.74) is 0.951. The fourth-order valence-corrected chi connectivity index (χ4v) is 14.3. The average Bonchev–Trinajstić information content (AvgIpc) is 3.83. The lowest BCUT2D eigenvalue weighted by Crippen LogP contribution is -2.62. The first-order valence-corrected chi connectivity index (χ1v) is 25.7. The van der Waals surface area contributed by atoms with E-state index in [1.54, 1.807) is 0 Å². The maximum atomic E-state index is 14.4. The van der Waals surface area contributed by atoms with Gasteiger partial charge in [0.15, 0.2) is 25.2 Å². The Hall–Kier alpha value is -1.59. The van der Waals surface area contributed by atoms with Crippen molar-refractivity contribution in [1.82, 2.24) is 0 Å². The summed E-state index contributed by atoms with van der Waals surface area (Å²) >= 11 is 0. The number of hydrogen-bond donors (Lipinski definition) is 12. The summed E-state index contributed by atoms with van der Waals surface area (Å²) in [6.07, 6.45) is -20.1. The summed E-state index contributed by atoms with van der Waals surface area (Å²) in [4.78, 5) is 14.4. The van der Waals surface area contributed by atoms with Gasteiger partial charge in [0, 0.05) is 24.7 Å². The van der Waals surface area contributed by atoms with Gasteiger partial charge in [-0.3, -0.25) is 4.79 Å². The van der Waals surface area contributed by atoms with E-state index >= 15 is 0 Å². The first kappa shape index (κ1) is 54.2. The Morgan fingerprint density at radius 3 is 2.06 bits per heavy atom. The van der Waals surface area contributed by atoms with E-state index in [0.29, 0.717) is 43.9 Å². The number of carbonyl (C=O) groups is 1. The summed E-state index contributed by atoms with van der Waals surface area (Å²) in [5, 5.41) is 125. The second-order valence-corrected chi connectivity index (χ2v) is 22.8. The minimum Gasteiger partial charge on any atom is -0.494 e. The molecule has 0 radical (unpaired) electrons. The van der Waals surface area contributed by atoms with Crippen LogP contribution in [0.5, 0.6) is 0 Å². The minimum absolute atomic E-state index is 0.0270. The molecule has 0 aromatic carbocycles. The predicted molar refractivity (Wildman–Crippen MR) is 239 cm³/mol. The Bertz CT molecular complexity index is 1880. The fourth-order valence-electron chi connectivity index (χ4n) is 14.3. The zero-order valence-electron chi connectivity index (χ0n) is 40.9. The number of aliphatic hydroxyl groups is 12. The highest BCUT2D eigenvalue weighted by atomic mass is 16.7. The molecule has 8 fully saturated rings. The van der Waals surface area contributed by atoms with Gasteiger partial charge in [0.2, 0.25) is 0 Å². The van der Waals surface area contributed by atoms with Crippen LogP contribution in [0.3, 0.4) is 0 Å². The summed E-state index contributed by atoms with van der Waals surface area (Å²) in [6, 6.07) is 0. The minimum atomic E-state index is -1.69. The van der Waals surface area contributed by atoms with Crippen molar-refractivity contribution in [3.63, 3.8) is 0 Å². The number of allylic oxidation sites excluding steroid dienone is 1. The number of Topliss-reactive ketones (excluding diaryl/α,β-unsaturated/α-hetero) is 1. The Labute approximate surface area is 412 Å². The molecule has 71 heavy (non-hydrogen) atoms. The Balaban J connectivity index is 0.761. The molecule has 22 heteroatoms. The van der Waals surface area contributed by atoms with Crippen molar-refractivity contribution >= 4 is 5.78 Å². The molecule has 0 unspecified atom stereocenters. The predicted octanol–water partition coefficient (Wildman–Crippen LogP) is -2.55. The molecule has 406 valence electrons. The molecule has 0 aromatic heterocycles. The highest BCUT2D eigenvalue weighted by Gasteiger charge is 2.66. The lowest BCUT2D eigenvalue weighted by atomic mass is 9.44. The van der Waals surface area contributed by atoms with Crippen LogP contribution < -0.4 is 0 Å². The lowest BCUT2D eigenvalue weighted by Gasteiger charge is -2.60. The molecule has 0 bridgehead atoms. The quantitative estimate of drug-likeness (QED) is 0.0797. The van der Waals surface area contributed by atoms with Crippen LogP contribution in [0.15, 0.2) is 11.3 Å². The van der Waals surface area contributed by atoms with Crippen LogP contribution in [0.1, 0.15) is 85.5 Å². The topological polar surface area (TPSA) is 343 Å². The number of ether oxygens (including phenoxy) is 9. The Morgan fingerprint density at radius 1 is 0.676 bits per heavy atom. The van der Waals surface area contributed by atoms with E-state index in [0.717, 1.165) is 31.4 Å². The van der Waals surface area contributed by atoms with Crippen molar-refractivity contribution in [2.45, 2.75) is 208 Å². The molecule has 4 saturated carbocycles. The largest absolute Gasteiger partial charge is 0.494 e. The van der Waals surface area contributed by atoms with E-state index in [-0.39, 0.29) is 66.2 Å². The third kappa shape index (κ3) is 10.0. The normalized spacial score (nSPS) is 52.6. The number of aliphatic hydroxyl groups excluding tert-OH is 12. The molecule has 5 heterocycles. The molecule has 5 aliphatic heterocycles. The van der Waals surface area contributed by atoms with Gasteiger partial charge in [-0.05, 0) is 91.9 Å². The summed E-state index contributed by atoms with van der Waals surface area (Å²) < 4.78 is 52.5. The van der Waals surface area contributed by atoms with Crippen molar-refractivity contribution in [2.24, 2.45) is 46.3 Å². The third-order valence-electron chi connectivity index (χ3n) is 18.5. The maximum Gasteiger partial charge on any atom is 0.186 e. The van der Waals surface area contributed by atoms with Crippen LogP contribution >= 0.6 is 0 Å². The van der Waals surface area contributed by atoms with Gasteiger partial charge in [0.05, 0.1) is 44.9 Å². The Kier molecular flexibility index (Phi) is 16.4.